The van der Waals surface area contributed by atoms with Gasteiger partial charge in [-0.15, -0.1) is 0 Å². The predicted octanol–water partition coefficient (Wildman–Crippen LogP) is 5.33. The van der Waals surface area contributed by atoms with E-state index in [2.05, 4.69) is 36.3 Å². The van der Waals surface area contributed by atoms with Crippen LogP contribution in [0.3, 0.4) is 0 Å². The quantitative estimate of drug-likeness (QED) is 0.375. The molecule has 1 heterocycles. The van der Waals surface area contributed by atoms with Crippen molar-refractivity contribution >= 4 is 6.03 Å². The number of nitrogens with zero attached hydrogens (tertiary/aromatic N) is 1. The SMILES string of the molecule is COc1ccc(CN)cc1.COc1ccc(CNC(=O)NCCCCC2CCN(C(C)(C)C)CC2)cc1. The number of hydrogen-bond acceptors (Lipinski definition) is 5. The first-order valence-electron chi connectivity index (χ1n) is 13.5. The molecule has 2 aromatic carbocycles. The fourth-order valence-electron chi connectivity index (χ4n) is 4.40. The van der Waals surface area contributed by atoms with Gasteiger partial charge in [0.25, 0.3) is 0 Å². The smallest absolute Gasteiger partial charge is 0.315 e. The van der Waals surface area contributed by atoms with Crippen molar-refractivity contribution in [1.29, 1.82) is 0 Å². The standard InChI is InChI=1S/C22H37N3O2.C8H11NO/c1-22(2,3)25-15-12-18(13-16-25)7-5-6-14-23-21(26)24-17-19-8-10-20(27-4)11-9-19;1-10-8-4-2-7(6-9)3-5-8/h8-11,18H,5-7,12-17H2,1-4H3,(H2,23,24,26);2-5H,6,9H2,1H3. The maximum absolute atomic E-state index is 11.9. The van der Waals surface area contributed by atoms with Crippen molar-refractivity contribution in [3.05, 3.63) is 59.7 Å². The molecule has 206 valence electrons. The lowest BCUT2D eigenvalue weighted by atomic mass is 9.89. The van der Waals surface area contributed by atoms with Crippen LogP contribution in [0.5, 0.6) is 11.5 Å². The zero-order valence-corrected chi connectivity index (χ0v) is 23.5. The van der Waals surface area contributed by atoms with Gasteiger partial charge in [0, 0.05) is 25.2 Å². The van der Waals surface area contributed by atoms with Gasteiger partial charge >= 0.3 is 6.03 Å². The molecule has 4 N–H and O–H groups in total. The van der Waals surface area contributed by atoms with E-state index in [0.29, 0.717) is 18.6 Å². The lowest BCUT2D eigenvalue weighted by Crippen LogP contribution is -2.46. The van der Waals surface area contributed by atoms with Crippen molar-refractivity contribution < 1.29 is 14.3 Å². The number of carbonyl (C=O) groups is 1. The topological polar surface area (TPSA) is 88.9 Å². The Morgan fingerprint density at radius 1 is 0.892 bits per heavy atom. The van der Waals surface area contributed by atoms with Crippen LogP contribution >= 0.6 is 0 Å². The van der Waals surface area contributed by atoms with Crippen LogP contribution in [-0.4, -0.2) is 50.3 Å². The lowest BCUT2D eigenvalue weighted by molar-refractivity contribution is 0.0847. The highest BCUT2D eigenvalue weighted by molar-refractivity contribution is 5.73. The summed E-state index contributed by atoms with van der Waals surface area (Å²) in [4.78, 5) is 14.5. The molecule has 0 aromatic heterocycles. The van der Waals surface area contributed by atoms with E-state index >= 15 is 0 Å². The summed E-state index contributed by atoms with van der Waals surface area (Å²) in [6.07, 6.45) is 6.15. The van der Waals surface area contributed by atoms with Crippen molar-refractivity contribution in [3.8, 4) is 11.5 Å². The third-order valence-corrected chi connectivity index (χ3v) is 6.89. The number of hydrogen-bond donors (Lipinski definition) is 3. The number of carbonyl (C=O) groups excluding carboxylic acids is 1. The number of urea groups is 1. The molecule has 0 spiro atoms. The maximum Gasteiger partial charge on any atom is 0.315 e. The third kappa shape index (κ3) is 11.9. The Balaban J connectivity index is 0.000000402. The first-order chi connectivity index (χ1) is 17.7. The fraction of sp³-hybridized carbons (Fsp3) is 0.567. The van der Waals surface area contributed by atoms with Gasteiger partial charge in [0.1, 0.15) is 11.5 Å². The van der Waals surface area contributed by atoms with E-state index in [4.69, 9.17) is 15.2 Å². The summed E-state index contributed by atoms with van der Waals surface area (Å²) in [6, 6.07) is 15.4. The van der Waals surface area contributed by atoms with Gasteiger partial charge in [0.05, 0.1) is 14.2 Å². The van der Waals surface area contributed by atoms with Crippen molar-refractivity contribution in [2.24, 2.45) is 11.7 Å². The summed E-state index contributed by atoms with van der Waals surface area (Å²) in [7, 11) is 3.30. The van der Waals surface area contributed by atoms with Gasteiger partial charge in [0.2, 0.25) is 0 Å². The Hall–Kier alpha value is -2.77. The van der Waals surface area contributed by atoms with Gasteiger partial charge in [-0.05, 0) is 94.4 Å². The van der Waals surface area contributed by atoms with Crippen LogP contribution in [0, 0.1) is 5.92 Å². The number of amides is 2. The van der Waals surface area contributed by atoms with E-state index in [1.165, 1.54) is 38.8 Å². The molecule has 7 nitrogen and oxygen atoms in total. The highest BCUT2D eigenvalue weighted by Crippen LogP contribution is 2.26. The number of ether oxygens (including phenoxy) is 2. The zero-order chi connectivity index (χ0) is 27.1. The van der Waals surface area contributed by atoms with Gasteiger partial charge in [-0.25, -0.2) is 4.79 Å². The van der Waals surface area contributed by atoms with Crippen LogP contribution in [-0.2, 0) is 13.1 Å². The van der Waals surface area contributed by atoms with Crippen LogP contribution < -0.4 is 25.8 Å². The van der Waals surface area contributed by atoms with E-state index in [1.54, 1.807) is 14.2 Å². The Morgan fingerprint density at radius 3 is 1.92 bits per heavy atom. The van der Waals surface area contributed by atoms with E-state index < -0.39 is 0 Å². The number of likely N-dealkylation sites (tertiary alicyclic amines) is 1. The van der Waals surface area contributed by atoms with E-state index in [-0.39, 0.29) is 6.03 Å². The molecule has 1 aliphatic rings. The molecular formula is C30H48N4O3. The van der Waals surface area contributed by atoms with Gasteiger partial charge in [-0.1, -0.05) is 37.1 Å². The average Bonchev–Trinajstić information content (AvgIpc) is 2.92. The van der Waals surface area contributed by atoms with Gasteiger partial charge in [-0.3, -0.25) is 4.90 Å². The molecule has 0 radical (unpaired) electrons. The molecule has 0 saturated carbocycles. The molecular weight excluding hydrogens is 464 g/mol. The Labute approximate surface area is 224 Å². The molecule has 7 heteroatoms. The zero-order valence-electron chi connectivity index (χ0n) is 23.5. The monoisotopic (exact) mass is 512 g/mol. The summed E-state index contributed by atoms with van der Waals surface area (Å²) >= 11 is 0. The normalized spacial score (nSPS) is 14.3. The Bertz CT molecular complexity index is 864. The van der Waals surface area contributed by atoms with Crippen LogP contribution in [0.25, 0.3) is 0 Å². The minimum atomic E-state index is -0.0932. The fourth-order valence-corrected chi connectivity index (χ4v) is 4.40. The van der Waals surface area contributed by atoms with Crippen molar-refractivity contribution in [2.45, 2.75) is 71.5 Å². The largest absolute Gasteiger partial charge is 0.497 e. The Kier molecular flexibility index (Phi) is 13.3. The number of nitrogens with one attached hydrogen (secondary N) is 2. The molecule has 0 bridgehead atoms. The first-order valence-corrected chi connectivity index (χ1v) is 13.5. The van der Waals surface area contributed by atoms with Gasteiger partial charge in [0.15, 0.2) is 0 Å². The molecule has 0 aliphatic carbocycles. The average molecular weight is 513 g/mol. The number of rotatable bonds is 10. The molecule has 0 unspecified atom stereocenters. The molecule has 2 amide bonds. The predicted molar refractivity (Wildman–Crippen MR) is 152 cm³/mol. The second kappa shape index (κ2) is 16.2. The molecule has 3 rings (SSSR count). The number of benzene rings is 2. The number of piperidine rings is 1. The van der Waals surface area contributed by atoms with E-state index in [1.807, 2.05) is 48.5 Å². The number of unbranched alkanes of at least 4 members (excludes halogenated alkanes) is 1. The molecule has 1 aliphatic heterocycles. The number of methoxy groups -OCH3 is 2. The molecule has 37 heavy (non-hydrogen) atoms. The summed E-state index contributed by atoms with van der Waals surface area (Å²) in [5, 5.41) is 5.86. The summed E-state index contributed by atoms with van der Waals surface area (Å²) in [6.45, 7) is 11.2. The Morgan fingerprint density at radius 2 is 1.43 bits per heavy atom. The van der Waals surface area contributed by atoms with Crippen LogP contribution in [0.2, 0.25) is 0 Å². The molecule has 2 aromatic rings. The summed E-state index contributed by atoms with van der Waals surface area (Å²) < 4.78 is 10.1. The molecule has 0 atom stereocenters. The van der Waals surface area contributed by atoms with Crippen LogP contribution in [0.1, 0.15) is 64.0 Å². The third-order valence-electron chi connectivity index (χ3n) is 6.89. The minimum Gasteiger partial charge on any atom is -0.497 e. The van der Waals surface area contributed by atoms with Crippen molar-refractivity contribution in [2.75, 3.05) is 33.9 Å². The van der Waals surface area contributed by atoms with Crippen molar-refractivity contribution in [1.82, 2.24) is 15.5 Å². The van der Waals surface area contributed by atoms with Crippen LogP contribution in [0.4, 0.5) is 4.79 Å². The second-order valence-electron chi connectivity index (χ2n) is 10.6. The van der Waals surface area contributed by atoms with Gasteiger partial charge in [-0.2, -0.15) is 0 Å². The van der Waals surface area contributed by atoms with E-state index in [0.717, 1.165) is 41.5 Å². The maximum atomic E-state index is 11.9. The van der Waals surface area contributed by atoms with Crippen LogP contribution in [0.15, 0.2) is 48.5 Å². The van der Waals surface area contributed by atoms with Gasteiger partial charge < -0.3 is 25.8 Å². The lowest BCUT2D eigenvalue weighted by Gasteiger charge is -2.41. The number of nitrogens with two attached hydrogens (primary N) is 1. The van der Waals surface area contributed by atoms with Crippen molar-refractivity contribution in [3.63, 3.8) is 0 Å². The molecule has 1 fully saturated rings. The highest BCUT2D eigenvalue weighted by atomic mass is 16.5. The minimum absolute atomic E-state index is 0.0932. The second-order valence-corrected chi connectivity index (χ2v) is 10.6. The first kappa shape index (κ1) is 30.5. The van der Waals surface area contributed by atoms with E-state index in [9.17, 15) is 4.79 Å². The summed E-state index contributed by atoms with van der Waals surface area (Å²) in [5.41, 5.74) is 7.89. The highest BCUT2D eigenvalue weighted by Gasteiger charge is 2.26. The molecule has 1 saturated heterocycles. The summed E-state index contributed by atoms with van der Waals surface area (Å²) in [5.74, 6) is 2.55.